The van der Waals surface area contributed by atoms with Crippen LogP contribution in [0.1, 0.15) is 25.8 Å². The molecule has 174 valence electrons. The predicted octanol–water partition coefficient (Wildman–Crippen LogP) is 2.66. The van der Waals surface area contributed by atoms with Gasteiger partial charge in [-0.25, -0.2) is 0 Å². The van der Waals surface area contributed by atoms with Crippen LogP contribution < -0.4 is 15.4 Å². The highest BCUT2D eigenvalue weighted by Gasteiger charge is 2.03. The van der Waals surface area contributed by atoms with Gasteiger partial charge in [0, 0.05) is 53.5 Å². The van der Waals surface area contributed by atoms with Crippen molar-refractivity contribution in [3.8, 4) is 5.75 Å². The van der Waals surface area contributed by atoms with Crippen molar-refractivity contribution in [1.29, 1.82) is 0 Å². The smallest absolute Gasteiger partial charge is 0.191 e. The number of guanidine groups is 1. The molecule has 0 heterocycles. The molecule has 0 aliphatic rings. The van der Waals surface area contributed by atoms with E-state index in [9.17, 15) is 0 Å². The summed E-state index contributed by atoms with van der Waals surface area (Å²) in [5.41, 5.74) is 1.20. The summed E-state index contributed by atoms with van der Waals surface area (Å²) in [7, 11) is 5.66. The van der Waals surface area contributed by atoms with E-state index >= 15 is 0 Å². The molecule has 0 aliphatic carbocycles. The number of methoxy groups -OCH3 is 1. The number of benzene rings is 1. The van der Waals surface area contributed by atoms with Crippen LogP contribution in [-0.4, -0.2) is 89.4 Å². The Morgan fingerprint density at radius 2 is 1.70 bits per heavy atom. The van der Waals surface area contributed by atoms with Crippen LogP contribution in [-0.2, 0) is 11.3 Å². The first-order chi connectivity index (χ1) is 14.1. The van der Waals surface area contributed by atoms with Gasteiger partial charge in [-0.05, 0) is 44.3 Å². The number of nitrogens with one attached hydrogen (secondary N) is 2. The lowest BCUT2D eigenvalue weighted by Crippen LogP contribution is -2.40. The van der Waals surface area contributed by atoms with E-state index in [1.807, 2.05) is 12.1 Å². The summed E-state index contributed by atoms with van der Waals surface area (Å²) >= 11 is 0. The number of aliphatic imine (C=N–C) groups is 1. The Balaban J connectivity index is 0.00000841. The molecule has 2 N–H and O–H groups in total. The van der Waals surface area contributed by atoms with Gasteiger partial charge in [0.1, 0.15) is 12.4 Å². The molecule has 7 nitrogen and oxygen atoms in total. The lowest BCUT2D eigenvalue weighted by Gasteiger charge is -2.18. The van der Waals surface area contributed by atoms with Crippen molar-refractivity contribution in [2.45, 2.75) is 26.8 Å². The maximum Gasteiger partial charge on any atom is 0.191 e. The van der Waals surface area contributed by atoms with E-state index in [1.165, 1.54) is 5.56 Å². The molecule has 0 atom stereocenters. The van der Waals surface area contributed by atoms with Crippen molar-refractivity contribution < 1.29 is 9.47 Å². The molecular formula is C22H42IN5O2. The van der Waals surface area contributed by atoms with Crippen molar-refractivity contribution in [2.24, 2.45) is 4.99 Å². The molecule has 0 aliphatic heterocycles. The summed E-state index contributed by atoms with van der Waals surface area (Å²) in [6.45, 7) is 12.5. The highest BCUT2D eigenvalue weighted by atomic mass is 127. The fraction of sp³-hybridized carbons (Fsp3) is 0.682. The first kappa shape index (κ1) is 28.9. The van der Waals surface area contributed by atoms with E-state index in [1.54, 1.807) is 14.2 Å². The zero-order chi connectivity index (χ0) is 21.3. The second-order valence-electron chi connectivity index (χ2n) is 7.02. The summed E-state index contributed by atoms with van der Waals surface area (Å²) in [5, 5.41) is 6.72. The quantitative estimate of drug-likeness (QED) is 0.156. The van der Waals surface area contributed by atoms with E-state index in [4.69, 9.17) is 9.47 Å². The molecule has 0 saturated carbocycles. The number of halogens is 1. The summed E-state index contributed by atoms with van der Waals surface area (Å²) < 4.78 is 10.9. The highest BCUT2D eigenvalue weighted by Crippen LogP contribution is 2.12. The van der Waals surface area contributed by atoms with Gasteiger partial charge in [-0.3, -0.25) is 4.99 Å². The molecule has 0 amide bonds. The van der Waals surface area contributed by atoms with Crippen LogP contribution in [0.15, 0.2) is 29.3 Å². The average Bonchev–Trinajstić information content (AvgIpc) is 2.74. The third-order valence-corrected chi connectivity index (χ3v) is 4.85. The predicted molar refractivity (Wildman–Crippen MR) is 137 cm³/mol. The SMILES string of the molecule is CCN(CC)CCOc1ccc(CNC(=NC)NCCN(C)CCCOC)cc1.I. The zero-order valence-electron chi connectivity index (χ0n) is 19.4. The molecule has 0 bridgehead atoms. The minimum atomic E-state index is 0. The lowest BCUT2D eigenvalue weighted by atomic mass is 10.2. The number of ether oxygens (including phenoxy) is 2. The minimum absolute atomic E-state index is 0. The van der Waals surface area contributed by atoms with Crippen LogP contribution in [0, 0.1) is 0 Å². The fourth-order valence-corrected chi connectivity index (χ4v) is 2.90. The van der Waals surface area contributed by atoms with Crippen LogP contribution in [0.5, 0.6) is 5.75 Å². The van der Waals surface area contributed by atoms with E-state index in [-0.39, 0.29) is 24.0 Å². The van der Waals surface area contributed by atoms with E-state index in [0.29, 0.717) is 0 Å². The van der Waals surface area contributed by atoms with Crippen molar-refractivity contribution in [2.75, 3.05) is 73.7 Å². The molecule has 1 rings (SSSR count). The van der Waals surface area contributed by atoms with Crippen molar-refractivity contribution in [3.05, 3.63) is 29.8 Å². The van der Waals surface area contributed by atoms with Gasteiger partial charge in [-0.15, -0.1) is 24.0 Å². The van der Waals surface area contributed by atoms with Gasteiger partial charge in [0.05, 0.1) is 0 Å². The number of nitrogens with zero attached hydrogens (tertiary/aromatic N) is 3. The molecule has 0 saturated heterocycles. The van der Waals surface area contributed by atoms with Crippen LogP contribution in [0.3, 0.4) is 0 Å². The molecular weight excluding hydrogens is 493 g/mol. The standard InChI is InChI=1S/C22H41N5O2.HI/c1-6-27(7-2)16-18-29-21-11-9-20(10-12-21)19-25-22(23-3)24-13-15-26(4)14-8-17-28-5;/h9-12H,6-8,13-19H2,1-5H3,(H2,23,24,25);1H. The number of likely N-dealkylation sites (N-methyl/N-ethyl adjacent to an activating group) is 2. The van der Waals surface area contributed by atoms with Gasteiger partial charge < -0.3 is 29.9 Å². The van der Waals surface area contributed by atoms with E-state index < -0.39 is 0 Å². The molecule has 0 fully saturated rings. The maximum atomic E-state index is 5.84. The van der Waals surface area contributed by atoms with E-state index in [0.717, 1.165) is 77.2 Å². The Bertz CT molecular complexity index is 553. The molecule has 0 aromatic heterocycles. The van der Waals surface area contributed by atoms with Gasteiger partial charge in [0.25, 0.3) is 0 Å². The number of rotatable bonds is 15. The summed E-state index contributed by atoms with van der Waals surface area (Å²) in [6.07, 6.45) is 1.05. The third kappa shape index (κ3) is 13.3. The lowest BCUT2D eigenvalue weighted by molar-refractivity contribution is 0.180. The third-order valence-electron chi connectivity index (χ3n) is 4.85. The summed E-state index contributed by atoms with van der Waals surface area (Å²) in [6, 6.07) is 8.25. The molecule has 0 spiro atoms. The fourth-order valence-electron chi connectivity index (χ4n) is 2.90. The van der Waals surface area contributed by atoms with Crippen LogP contribution in [0.2, 0.25) is 0 Å². The molecule has 30 heavy (non-hydrogen) atoms. The zero-order valence-corrected chi connectivity index (χ0v) is 21.8. The van der Waals surface area contributed by atoms with Crippen LogP contribution in [0.4, 0.5) is 0 Å². The Morgan fingerprint density at radius 1 is 1.00 bits per heavy atom. The van der Waals surface area contributed by atoms with Crippen LogP contribution in [0.25, 0.3) is 0 Å². The van der Waals surface area contributed by atoms with Crippen molar-refractivity contribution in [3.63, 3.8) is 0 Å². The maximum absolute atomic E-state index is 5.84. The Morgan fingerprint density at radius 3 is 2.30 bits per heavy atom. The summed E-state index contributed by atoms with van der Waals surface area (Å²) in [4.78, 5) is 8.94. The molecule has 8 heteroatoms. The van der Waals surface area contributed by atoms with Gasteiger partial charge in [-0.2, -0.15) is 0 Å². The number of hydrogen-bond donors (Lipinski definition) is 2. The van der Waals surface area contributed by atoms with E-state index in [2.05, 4.69) is 58.5 Å². The number of hydrogen-bond acceptors (Lipinski definition) is 5. The van der Waals surface area contributed by atoms with Crippen molar-refractivity contribution in [1.82, 2.24) is 20.4 Å². The average molecular weight is 536 g/mol. The summed E-state index contributed by atoms with van der Waals surface area (Å²) in [5.74, 6) is 1.73. The Labute approximate surface area is 200 Å². The monoisotopic (exact) mass is 535 g/mol. The van der Waals surface area contributed by atoms with Gasteiger partial charge in [-0.1, -0.05) is 26.0 Å². The second-order valence-corrected chi connectivity index (χ2v) is 7.02. The molecule has 0 unspecified atom stereocenters. The first-order valence-electron chi connectivity index (χ1n) is 10.7. The largest absolute Gasteiger partial charge is 0.492 e. The minimum Gasteiger partial charge on any atom is -0.492 e. The van der Waals surface area contributed by atoms with Gasteiger partial charge >= 0.3 is 0 Å². The van der Waals surface area contributed by atoms with Gasteiger partial charge in [0.2, 0.25) is 0 Å². The highest BCUT2D eigenvalue weighted by molar-refractivity contribution is 14.0. The second kappa shape index (κ2) is 18.7. The van der Waals surface area contributed by atoms with Crippen molar-refractivity contribution >= 4 is 29.9 Å². The van der Waals surface area contributed by atoms with Crippen LogP contribution >= 0.6 is 24.0 Å². The normalized spacial score (nSPS) is 11.5. The molecule has 0 radical (unpaired) electrons. The topological polar surface area (TPSA) is 61.4 Å². The molecule has 1 aromatic carbocycles. The molecule has 1 aromatic rings. The Kier molecular flexibility index (Phi) is 18.0. The van der Waals surface area contributed by atoms with Gasteiger partial charge in [0.15, 0.2) is 5.96 Å². The first-order valence-corrected chi connectivity index (χ1v) is 10.7. The Hall–Kier alpha value is -1.10.